The van der Waals surface area contributed by atoms with Crippen LogP contribution in [0.3, 0.4) is 0 Å². The summed E-state index contributed by atoms with van der Waals surface area (Å²) in [6, 6.07) is 10.3. The molecule has 0 bridgehead atoms. The van der Waals surface area contributed by atoms with Crippen LogP contribution in [0.2, 0.25) is 0 Å². The van der Waals surface area contributed by atoms with Gasteiger partial charge in [-0.25, -0.2) is 9.59 Å². The van der Waals surface area contributed by atoms with Crippen molar-refractivity contribution in [3.8, 4) is 0 Å². The first-order valence-corrected chi connectivity index (χ1v) is 14.7. The highest BCUT2D eigenvalue weighted by Crippen LogP contribution is 2.17. The minimum atomic E-state index is -0.387. The van der Waals surface area contributed by atoms with Crippen LogP contribution in [0.25, 0.3) is 0 Å². The Morgan fingerprint density at radius 2 is 1.36 bits per heavy atom. The van der Waals surface area contributed by atoms with Crippen molar-refractivity contribution in [3.63, 3.8) is 0 Å². The summed E-state index contributed by atoms with van der Waals surface area (Å²) in [5.74, 6) is -0.757. The van der Waals surface area contributed by atoms with Crippen LogP contribution >= 0.6 is 46.6 Å². The van der Waals surface area contributed by atoms with E-state index in [0.29, 0.717) is 21.7 Å². The van der Waals surface area contributed by atoms with Crippen LogP contribution in [0, 0.1) is 19.3 Å². The van der Waals surface area contributed by atoms with Crippen molar-refractivity contribution in [2.75, 3.05) is 38.6 Å². The molecule has 198 valence electrons. The number of hydrogen-bond donors (Lipinski definition) is 2. The fourth-order valence-corrected chi connectivity index (χ4v) is 3.52. The largest absolute Gasteiger partial charge is 0.465 e. The number of alkyl halides is 1. The summed E-state index contributed by atoms with van der Waals surface area (Å²) in [6.45, 7) is 5.80. The highest BCUT2D eigenvalue weighted by Gasteiger charge is 2.10. The fourth-order valence-electron chi connectivity index (χ4n) is 2.86. The minimum Gasteiger partial charge on any atom is -0.465 e. The summed E-state index contributed by atoms with van der Waals surface area (Å²) in [5.41, 5.74) is 9.88. The second kappa shape index (κ2) is 19.1. The number of rotatable bonds is 4. The Bertz CT molecular complexity index is 1020. The summed E-state index contributed by atoms with van der Waals surface area (Å²) in [5, 5.41) is 8.18. The Morgan fingerprint density at radius 1 is 0.944 bits per heavy atom. The van der Waals surface area contributed by atoms with Crippen LogP contribution in [0.1, 0.15) is 55.8 Å². The Labute approximate surface area is 237 Å². The maximum Gasteiger partial charge on any atom is 0.337 e. The highest BCUT2D eigenvalue weighted by molar-refractivity contribution is 14.1. The number of halogens is 1. The van der Waals surface area contributed by atoms with Gasteiger partial charge in [-0.15, -0.1) is 11.8 Å². The molecular formula is C26H35IN2O5S2. The Morgan fingerprint density at radius 3 is 1.69 bits per heavy atom. The number of thiocarbonyl (C=S) groups is 1. The van der Waals surface area contributed by atoms with Crippen molar-refractivity contribution in [1.29, 1.82) is 5.41 Å². The van der Waals surface area contributed by atoms with Crippen LogP contribution < -0.4 is 5.73 Å². The third kappa shape index (κ3) is 11.8. The van der Waals surface area contributed by atoms with Crippen LogP contribution in [0.15, 0.2) is 36.4 Å². The van der Waals surface area contributed by atoms with Gasteiger partial charge in [-0.2, -0.15) is 0 Å². The normalized spacial score (nSPS) is 11.3. The molecule has 1 aliphatic heterocycles. The van der Waals surface area contributed by atoms with Gasteiger partial charge < -0.3 is 19.9 Å². The molecule has 1 aliphatic rings. The molecule has 3 rings (SSSR count). The molecule has 0 unspecified atom stereocenters. The predicted octanol–water partition coefficient (Wildman–Crippen LogP) is 5.73. The van der Waals surface area contributed by atoms with Crippen molar-refractivity contribution >= 4 is 68.5 Å². The van der Waals surface area contributed by atoms with E-state index in [4.69, 9.17) is 28.1 Å². The number of benzene rings is 2. The standard InChI is InChI=1S/C11H13NO2S.C10H11NO2S.C4H8O.CH3I/c1-7-4-5-8(11(13)14-2)6-9(7)10(12)15-3;1-6-3-4-7(10(12)13-2)5-8(6)9(11)14;1-2-4-5-3-1;1-2/h4-6,12H,1-3H3;3-5H,1-2H3,(H2,11,14);1-4H2;1H3. The first-order valence-electron chi connectivity index (χ1n) is 10.9. The average molecular weight is 647 g/mol. The molecule has 0 aromatic heterocycles. The fraction of sp³-hybridized carbons (Fsp3) is 0.385. The van der Waals surface area contributed by atoms with E-state index in [1.165, 1.54) is 38.8 Å². The predicted molar refractivity (Wildman–Crippen MR) is 161 cm³/mol. The zero-order valence-corrected chi connectivity index (χ0v) is 25.4. The number of esters is 2. The van der Waals surface area contributed by atoms with E-state index >= 15 is 0 Å². The van der Waals surface area contributed by atoms with Crippen molar-refractivity contribution in [2.24, 2.45) is 5.73 Å². The molecule has 0 atom stereocenters. The zero-order valence-electron chi connectivity index (χ0n) is 21.6. The molecule has 0 radical (unpaired) electrons. The van der Waals surface area contributed by atoms with Gasteiger partial charge in [0.25, 0.3) is 0 Å². The van der Waals surface area contributed by atoms with Crippen LogP contribution in [-0.2, 0) is 14.2 Å². The van der Waals surface area contributed by atoms with Gasteiger partial charge in [-0.05, 0) is 73.3 Å². The number of carbonyl (C=O) groups excluding carboxylic acids is 2. The summed E-state index contributed by atoms with van der Waals surface area (Å²) in [6.07, 6.45) is 4.40. The van der Waals surface area contributed by atoms with Crippen molar-refractivity contribution in [3.05, 3.63) is 69.8 Å². The van der Waals surface area contributed by atoms with Crippen molar-refractivity contribution in [1.82, 2.24) is 0 Å². The van der Waals surface area contributed by atoms with E-state index in [2.05, 4.69) is 32.1 Å². The third-order valence-corrected chi connectivity index (χ3v) is 5.71. The molecular weight excluding hydrogens is 611 g/mol. The average Bonchev–Trinajstić information content (AvgIpc) is 3.49. The number of methoxy groups -OCH3 is 2. The molecule has 1 saturated heterocycles. The Balaban J connectivity index is 0.000000539. The number of thioether (sulfide) groups is 1. The van der Waals surface area contributed by atoms with Crippen LogP contribution in [0.4, 0.5) is 0 Å². The van der Waals surface area contributed by atoms with Gasteiger partial charge >= 0.3 is 11.9 Å². The van der Waals surface area contributed by atoms with Gasteiger partial charge in [-0.3, -0.25) is 5.41 Å². The third-order valence-electron chi connectivity index (χ3n) is 4.86. The zero-order chi connectivity index (χ0) is 27.7. The van der Waals surface area contributed by atoms with E-state index in [1.54, 1.807) is 30.3 Å². The molecule has 0 saturated carbocycles. The van der Waals surface area contributed by atoms with Crippen LogP contribution in [-0.4, -0.2) is 60.6 Å². The first kappa shape index (κ1) is 34.0. The Kier molecular flexibility index (Phi) is 18.1. The van der Waals surface area contributed by atoms with Gasteiger partial charge in [0.1, 0.15) is 4.99 Å². The van der Waals surface area contributed by atoms with E-state index in [-0.39, 0.29) is 16.9 Å². The van der Waals surface area contributed by atoms with E-state index in [1.807, 2.05) is 31.1 Å². The van der Waals surface area contributed by atoms with Gasteiger partial charge in [-0.1, -0.05) is 46.9 Å². The van der Waals surface area contributed by atoms with Gasteiger partial charge in [0.15, 0.2) is 0 Å². The quantitative estimate of drug-likeness (QED) is 0.108. The van der Waals surface area contributed by atoms with E-state index < -0.39 is 0 Å². The van der Waals surface area contributed by atoms with Gasteiger partial charge in [0.05, 0.1) is 30.4 Å². The maximum atomic E-state index is 11.3. The van der Waals surface area contributed by atoms with Gasteiger partial charge in [0.2, 0.25) is 0 Å². The lowest BCUT2D eigenvalue weighted by molar-refractivity contribution is 0.0592. The molecule has 2 aromatic carbocycles. The lowest BCUT2D eigenvalue weighted by Gasteiger charge is -2.07. The van der Waals surface area contributed by atoms with Crippen LogP contribution in [0.5, 0.6) is 0 Å². The topological polar surface area (TPSA) is 112 Å². The number of ether oxygens (including phenoxy) is 3. The van der Waals surface area contributed by atoms with E-state index in [0.717, 1.165) is 29.9 Å². The second-order valence-electron chi connectivity index (χ2n) is 7.26. The number of carbonyl (C=O) groups is 2. The minimum absolute atomic E-state index is 0.285. The summed E-state index contributed by atoms with van der Waals surface area (Å²) in [4.78, 5) is 24.7. The monoisotopic (exact) mass is 646 g/mol. The molecule has 10 heteroatoms. The molecule has 36 heavy (non-hydrogen) atoms. The maximum absolute atomic E-state index is 11.3. The SMILES string of the molecule is C1CCOC1.CI.COC(=O)c1ccc(C)c(C(=N)SC)c1.COC(=O)c1ccc(C)c(C(N)=S)c1. The molecule has 0 amide bonds. The summed E-state index contributed by atoms with van der Waals surface area (Å²) < 4.78 is 14.2. The Hall–Kier alpha value is -2.02. The smallest absolute Gasteiger partial charge is 0.337 e. The molecule has 2 aromatic rings. The highest BCUT2D eigenvalue weighted by atomic mass is 127. The molecule has 0 aliphatic carbocycles. The number of hydrogen-bond acceptors (Lipinski definition) is 8. The molecule has 1 heterocycles. The molecule has 3 N–H and O–H groups in total. The van der Waals surface area contributed by atoms with Crippen molar-refractivity contribution in [2.45, 2.75) is 26.7 Å². The summed E-state index contributed by atoms with van der Waals surface area (Å²) >= 11 is 8.36. The lowest BCUT2D eigenvalue weighted by Crippen LogP contribution is -2.13. The van der Waals surface area contributed by atoms with Crippen molar-refractivity contribution < 1.29 is 23.8 Å². The molecule has 7 nitrogen and oxygen atoms in total. The first-order chi connectivity index (χ1) is 17.2. The number of nitrogens with one attached hydrogen (secondary N) is 1. The van der Waals surface area contributed by atoms with E-state index in [9.17, 15) is 9.59 Å². The molecule has 0 spiro atoms. The summed E-state index contributed by atoms with van der Waals surface area (Å²) in [7, 11) is 2.68. The second-order valence-corrected chi connectivity index (χ2v) is 8.52. The number of nitrogens with two attached hydrogens (primary N) is 1. The lowest BCUT2D eigenvalue weighted by atomic mass is 10.1. The number of aryl methyl sites for hydroxylation is 2. The molecule has 1 fully saturated rings. The van der Waals surface area contributed by atoms with Gasteiger partial charge in [0, 0.05) is 24.3 Å².